The number of aliphatic hydroxyl groups excluding tert-OH is 1. The van der Waals surface area contributed by atoms with Gasteiger partial charge in [0.1, 0.15) is 78.5 Å². The Morgan fingerprint density at radius 1 is 0.564 bits per heavy atom. The molecule has 44 heteroatoms. The first-order valence-corrected chi connectivity index (χ1v) is 45.8. The molecule has 2 saturated heterocycles. The van der Waals surface area contributed by atoms with Gasteiger partial charge in [0.15, 0.2) is 5.96 Å². The first kappa shape index (κ1) is 105. The van der Waals surface area contributed by atoms with Gasteiger partial charge in [-0.1, -0.05) is 114 Å². The second-order valence-corrected chi connectivity index (χ2v) is 35.3. The molecule has 3 aromatic carbocycles. The summed E-state index contributed by atoms with van der Waals surface area (Å²) < 4.78 is 0. The molecule has 22 N–H and O–H groups in total. The third-order valence-electron chi connectivity index (χ3n) is 23.2. The molecular formula is C89H125ClN24O18S. The Morgan fingerprint density at radius 2 is 1.14 bits per heavy atom. The molecule has 0 radical (unpaired) electrons. The summed E-state index contributed by atoms with van der Waals surface area (Å²) in [6, 6.07) is 0.548. The Kier molecular flexibility index (Phi) is 40.3. The number of para-hydroxylation sites is 1. The van der Waals surface area contributed by atoms with Crippen LogP contribution >= 0.6 is 23.4 Å². The second kappa shape index (κ2) is 51.0. The minimum Gasteiger partial charge on any atom is -0.394 e. The first-order chi connectivity index (χ1) is 63.3. The highest BCUT2D eigenvalue weighted by atomic mass is 35.5. The van der Waals surface area contributed by atoms with Gasteiger partial charge in [-0.2, -0.15) is 0 Å². The molecule has 2 aliphatic heterocycles. The van der Waals surface area contributed by atoms with Crippen LogP contribution in [0.2, 0.25) is 5.02 Å². The van der Waals surface area contributed by atoms with Crippen LogP contribution in [0.25, 0.3) is 21.8 Å². The molecule has 0 spiro atoms. The molecule has 3 aromatic heterocycles. The number of imidazole rings is 1. The SMILES string of the molecule is CCCC[C@H]1C(=O)N(C)[C@@H](CCCC)C(=O)N[C@@H](CCCNC(=N)N)C(=O)N[C@H](C(=O)NCC(N)=O)CSCC(=O)N[C@@H](Cc2ccccc2)C(=O)N(C)[C@@H](C)C(=O)N[C@@H](CC(N)=O)C(=O)N2CCC[C@H]2C(=O)N[C@@H](Cc2cnc[nH]2)C(=O)N[C@@H](CC(C)C)C(=O)N(C)CC(=O)N[C@@H](Cc2c[nH]c3ccccc23)C(=O)N[C@@H](CO)C(=O)N[C@@H](Cc2c[nH]c3ccc(Cl)cc23)C(=O)N1C. The number of benzene rings is 3. The number of halogens is 1. The summed E-state index contributed by atoms with van der Waals surface area (Å²) in [5.74, 6) is -17.3. The lowest BCUT2D eigenvalue weighted by atomic mass is 10.00. The largest absolute Gasteiger partial charge is 0.394 e. The summed E-state index contributed by atoms with van der Waals surface area (Å²) >= 11 is 7.34. The number of aromatic nitrogens is 4. The van der Waals surface area contributed by atoms with Gasteiger partial charge in [0.2, 0.25) is 100 Å². The maximum atomic E-state index is 15.7. The minimum absolute atomic E-state index is 0.00476. The molecule has 0 bridgehead atoms. The van der Waals surface area contributed by atoms with Gasteiger partial charge in [0.25, 0.3) is 0 Å². The highest BCUT2D eigenvalue weighted by molar-refractivity contribution is 8.00. The van der Waals surface area contributed by atoms with Gasteiger partial charge in [-0.05, 0) is 98.7 Å². The van der Waals surface area contributed by atoms with E-state index in [1.54, 1.807) is 99.0 Å². The number of unbranched alkanes of at least 4 members (excludes halogenated alkanes) is 2. The molecule has 722 valence electrons. The van der Waals surface area contributed by atoms with Gasteiger partial charge in [-0.25, -0.2) is 4.98 Å². The van der Waals surface area contributed by atoms with E-state index in [1.807, 2.05) is 13.8 Å². The molecule has 2 aliphatic rings. The Morgan fingerprint density at radius 3 is 1.78 bits per heavy atom. The number of hydrogen-bond acceptors (Lipinski definition) is 21. The first-order valence-electron chi connectivity index (χ1n) is 44.3. The minimum atomic E-state index is -1.87. The number of fused-ring (bicyclic) bond motifs is 3. The van der Waals surface area contributed by atoms with E-state index in [9.17, 15) is 62.6 Å². The van der Waals surface area contributed by atoms with Crippen LogP contribution in [-0.2, 0) is 107 Å². The van der Waals surface area contributed by atoms with Crippen molar-refractivity contribution in [2.45, 2.75) is 216 Å². The Hall–Kier alpha value is -13.2. The maximum Gasteiger partial charge on any atom is 0.246 e. The number of H-pyrrole nitrogens is 3. The Bertz CT molecular complexity index is 5110. The van der Waals surface area contributed by atoms with E-state index in [4.69, 9.17) is 34.2 Å². The number of thioether (sulfide) groups is 1. The van der Waals surface area contributed by atoms with Crippen LogP contribution in [0.3, 0.4) is 0 Å². The van der Waals surface area contributed by atoms with Crippen LogP contribution in [0.1, 0.15) is 134 Å². The third kappa shape index (κ3) is 30.7. The molecule has 0 unspecified atom stereocenters. The molecule has 0 saturated carbocycles. The van der Waals surface area contributed by atoms with Crippen molar-refractivity contribution in [3.63, 3.8) is 0 Å². The monoisotopic (exact) mass is 1880 g/mol. The number of nitrogens with one attached hydrogen (secondary N) is 15. The number of primary amides is 2. The van der Waals surface area contributed by atoms with Crippen molar-refractivity contribution in [2.75, 3.05) is 72.5 Å². The Labute approximate surface area is 779 Å². The molecule has 133 heavy (non-hydrogen) atoms. The van der Waals surface area contributed by atoms with Gasteiger partial charge in [-0.15, -0.1) is 11.8 Å². The number of aliphatic hydroxyl groups is 1. The van der Waals surface area contributed by atoms with E-state index in [1.165, 1.54) is 47.6 Å². The second-order valence-electron chi connectivity index (χ2n) is 33.8. The van der Waals surface area contributed by atoms with E-state index >= 15 is 24.0 Å². The predicted octanol–water partition coefficient (Wildman–Crippen LogP) is -1.48. The van der Waals surface area contributed by atoms with Gasteiger partial charge in [0, 0.05) is 124 Å². The highest BCUT2D eigenvalue weighted by Crippen LogP contribution is 2.28. The lowest BCUT2D eigenvalue weighted by molar-refractivity contribution is -0.149. The number of carbonyl (C=O) groups is 17. The molecule has 6 aromatic rings. The van der Waals surface area contributed by atoms with Crippen LogP contribution in [0.4, 0.5) is 0 Å². The fourth-order valence-corrected chi connectivity index (χ4v) is 16.8. The number of carbonyl (C=O) groups excluding carboxylic acids is 17. The summed E-state index contributed by atoms with van der Waals surface area (Å²) in [4.78, 5) is 267. The number of guanidine groups is 1. The van der Waals surface area contributed by atoms with Crippen LogP contribution < -0.4 is 75.7 Å². The van der Waals surface area contributed by atoms with Gasteiger partial charge in [0.05, 0.1) is 38.2 Å². The number of likely N-dealkylation sites (N-methyl/N-ethyl adjacent to an activating group) is 4. The average molecular weight is 1890 g/mol. The topological polar surface area (TPSA) is 621 Å². The molecule has 17 amide bonds. The summed E-state index contributed by atoms with van der Waals surface area (Å²) in [6.07, 6.45) is 5.77. The van der Waals surface area contributed by atoms with E-state index in [0.717, 1.165) is 36.3 Å². The van der Waals surface area contributed by atoms with E-state index in [-0.39, 0.29) is 89.6 Å². The zero-order chi connectivity index (χ0) is 97.4. The van der Waals surface area contributed by atoms with Crippen molar-refractivity contribution in [1.82, 2.24) is 103 Å². The van der Waals surface area contributed by atoms with E-state index in [2.05, 4.69) is 78.4 Å². The molecule has 13 atom stereocenters. The Balaban J connectivity index is 1.19. The standard InChI is InChI=1S/C89H125ClN24O18S/c1-10-12-26-69-82(126)103-60(25-19-31-96-89(93)94)78(122)109-68(77(121)99-43-73(92)117)46-133-47-75(119)102-64(34-51-21-15-14-16-22-51)85(129)111(7)50(5)76(120)105-66(39-72(91)116)87(131)114-32-20-28-70(114)83(127)104-62(38-55-42-95-48-100-55)80(124)106-63(33-49(3)4)84(128)110(6)44-74(118)101-61(35-52-40-97-58-24-18-17-23-56(52)58)79(123)108-67(45-115)81(125)107-65(36-53-41-98-59-30-29-54(90)37-57(53)59)86(130)113(9)71(27-13-11-2)88(132)112(69)8/h14-18,21-24,29-30,37,40-42,48-50,60-71,97-98,115H,10-13,19-20,25-28,31-36,38-39,43-47H2,1-9H3,(H2,91,116)(H2,92,117)(H,95,100)(H,99,121)(H,101,118)(H,102,119)(H,103,126)(H,104,127)(H,105,120)(H,106,124)(H,107,125)(H,108,123)(H,109,122)(H4,93,94,96)/t50-,60-,61-,62-,63-,64-,65-,66-,67-,68-,69-,70-,71-/m0/s1. The third-order valence-corrected chi connectivity index (χ3v) is 24.5. The number of aromatic amines is 3. The highest BCUT2D eigenvalue weighted by Gasteiger charge is 2.44. The van der Waals surface area contributed by atoms with Crippen molar-refractivity contribution < 1.29 is 86.6 Å². The van der Waals surface area contributed by atoms with Gasteiger partial charge >= 0.3 is 0 Å². The number of amides is 17. The molecule has 2 fully saturated rings. The number of nitrogens with two attached hydrogens (primary N) is 3. The number of nitrogens with zero attached hydrogens (tertiary/aromatic N) is 6. The lowest BCUT2D eigenvalue weighted by Crippen LogP contribution is -2.61. The zero-order valence-corrected chi connectivity index (χ0v) is 77.7. The quantitative estimate of drug-likeness (QED) is 0.0167. The molecule has 42 nitrogen and oxygen atoms in total. The van der Waals surface area contributed by atoms with Gasteiger partial charge < -0.3 is 120 Å². The molecule has 5 heterocycles. The van der Waals surface area contributed by atoms with Crippen LogP contribution in [0, 0.1) is 11.3 Å². The van der Waals surface area contributed by atoms with Crippen molar-refractivity contribution in [3.8, 4) is 0 Å². The normalized spacial score (nSPS) is 23.4. The maximum absolute atomic E-state index is 15.7. The van der Waals surface area contributed by atoms with Crippen molar-refractivity contribution in [1.29, 1.82) is 5.41 Å². The summed E-state index contributed by atoms with van der Waals surface area (Å²) in [5, 5.41) is 49.6. The smallest absolute Gasteiger partial charge is 0.246 e. The fourth-order valence-electron chi connectivity index (χ4n) is 15.8. The summed E-state index contributed by atoms with van der Waals surface area (Å²) in [6.45, 7) is 5.86. The number of hydrogen-bond donors (Lipinski definition) is 19. The van der Waals surface area contributed by atoms with Crippen molar-refractivity contribution >= 4 is 152 Å². The summed E-state index contributed by atoms with van der Waals surface area (Å²) in [5.41, 5.74) is 19.9. The average Bonchev–Trinajstić information content (AvgIpc) is 1.77. The fraction of sp³-hybridized carbons (Fsp3) is 0.517. The summed E-state index contributed by atoms with van der Waals surface area (Å²) in [7, 11) is 5.22. The van der Waals surface area contributed by atoms with Crippen LogP contribution in [0.5, 0.6) is 0 Å². The van der Waals surface area contributed by atoms with Crippen LogP contribution in [-0.4, -0.2) is 307 Å². The van der Waals surface area contributed by atoms with Gasteiger partial charge in [-0.3, -0.25) is 86.9 Å². The van der Waals surface area contributed by atoms with Crippen LogP contribution in [0.15, 0.2) is 97.7 Å². The molecule has 8 rings (SSSR count). The number of rotatable bonds is 26. The predicted molar refractivity (Wildman–Crippen MR) is 495 cm³/mol. The van der Waals surface area contributed by atoms with Crippen molar-refractivity contribution in [3.05, 3.63) is 125 Å². The van der Waals surface area contributed by atoms with Crippen molar-refractivity contribution in [2.24, 2.45) is 23.1 Å². The molecule has 0 aliphatic carbocycles. The van der Waals surface area contributed by atoms with E-state index < -0.39 is 223 Å². The zero-order valence-electron chi connectivity index (χ0n) is 76.2. The van der Waals surface area contributed by atoms with E-state index in [0.29, 0.717) is 74.9 Å². The lowest BCUT2D eigenvalue weighted by Gasteiger charge is -2.36. The molecular weight excluding hydrogens is 1760 g/mol.